The molecule has 0 radical (unpaired) electrons. The van der Waals surface area contributed by atoms with E-state index in [0.29, 0.717) is 25.7 Å². The Hall–Kier alpha value is -1.50. The van der Waals surface area contributed by atoms with Gasteiger partial charge in [0.15, 0.2) is 0 Å². The number of ether oxygens (including phenoxy) is 1. The summed E-state index contributed by atoms with van der Waals surface area (Å²) in [6, 6.07) is 6.51. The monoisotopic (exact) mass is 374 g/mol. The van der Waals surface area contributed by atoms with Gasteiger partial charge in [-0.15, -0.1) is 0 Å². The van der Waals surface area contributed by atoms with E-state index in [2.05, 4.69) is 21.8 Å². The number of pyridine rings is 1. The van der Waals surface area contributed by atoms with Crippen LogP contribution in [0.3, 0.4) is 0 Å². The van der Waals surface area contributed by atoms with Crippen molar-refractivity contribution in [3.05, 3.63) is 30.1 Å². The number of likely N-dealkylation sites (tertiary alicyclic amines) is 2. The summed E-state index contributed by atoms with van der Waals surface area (Å²) >= 11 is 0. The van der Waals surface area contributed by atoms with E-state index >= 15 is 0 Å². The van der Waals surface area contributed by atoms with Crippen LogP contribution in [-0.4, -0.2) is 85.1 Å². The lowest BCUT2D eigenvalue weighted by molar-refractivity contribution is -0.139. The molecule has 3 rings (SSSR count). The van der Waals surface area contributed by atoms with E-state index in [9.17, 15) is 4.79 Å². The van der Waals surface area contributed by atoms with Crippen molar-refractivity contribution in [3.63, 3.8) is 0 Å². The zero-order chi connectivity index (χ0) is 19.1. The van der Waals surface area contributed by atoms with Crippen LogP contribution >= 0.6 is 0 Å². The zero-order valence-electron chi connectivity index (χ0n) is 16.8. The Morgan fingerprint density at radius 1 is 1.26 bits per heavy atom. The molecular weight excluding hydrogens is 340 g/mol. The highest BCUT2D eigenvalue weighted by atomic mass is 16.5. The molecule has 2 aliphatic rings. The van der Waals surface area contributed by atoms with Crippen molar-refractivity contribution in [1.82, 2.24) is 19.7 Å². The molecule has 27 heavy (non-hydrogen) atoms. The lowest BCUT2D eigenvalue weighted by Gasteiger charge is -2.42. The van der Waals surface area contributed by atoms with Gasteiger partial charge in [0.25, 0.3) is 0 Å². The van der Waals surface area contributed by atoms with Crippen LogP contribution < -0.4 is 0 Å². The molecule has 2 aliphatic heterocycles. The molecule has 1 aromatic heterocycles. The summed E-state index contributed by atoms with van der Waals surface area (Å²) in [5, 5.41) is 0. The molecule has 0 N–H and O–H groups in total. The maximum atomic E-state index is 13.3. The molecule has 1 aromatic rings. The van der Waals surface area contributed by atoms with Crippen LogP contribution in [0.1, 0.15) is 31.4 Å². The fourth-order valence-corrected chi connectivity index (χ4v) is 4.31. The molecule has 0 spiro atoms. The van der Waals surface area contributed by atoms with Gasteiger partial charge in [-0.25, -0.2) is 0 Å². The fraction of sp³-hybridized carbons (Fsp3) is 0.714. The Kier molecular flexibility index (Phi) is 7.61. The predicted molar refractivity (Wildman–Crippen MR) is 106 cm³/mol. The van der Waals surface area contributed by atoms with Crippen LogP contribution in [0.15, 0.2) is 24.4 Å². The molecule has 150 valence electrons. The van der Waals surface area contributed by atoms with E-state index in [0.717, 1.165) is 31.6 Å². The highest BCUT2D eigenvalue weighted by Gasteiger charge is 2.33. The van der Waals surface area contributed by atoms with Gasteiger partial charge in [0.1, 0.15) is 0 Å². The van der Waals surface area contributed by atoms with Crippen LogP contribution in [0.25, 0.3) is 0 Å². The van der Waals surface area contributed by atoms with Crippen LogP contribution in [0.2, 0.25) is 0 Å². The quantitative estimate of drug-likeness (QED) is 0.729. The van der Waals surface area contributed by atoms with Gasteiger partial charge in [-0.1, -0.05) is 6.07 Å². The number of carbonyl (C=O) groups is 1. The van der Waals surface area contributed by atoms with E-state index in [4.69, 9.17) is 4.74 Å². The van der Waals surface area contributed by atoms with Crippen LogP contribution in [0.5, 0.6) is 0 Å². The molecule has 6 heteroatoms. The van der Waals surface area contributed by atoms with Crippen LogP contribution in [0.4, 0.5) is 0 Å². The Morgan fingerprint density at radius 2 is 2.07 bits per heavy atom. The van der Waals surface area contributed by atoms with E-state index in [1.165, 1.54) is 25.9 Å². The summed E-state index contributed by atoms with van der Waals surface area (Å²) in [4.78, 5) is 24.6. The van der Waals surface area contributed by atoms with Gasteiger partial charge in [-0.05, 0) is 64.5 Å². The van der Waals surface area contributed by atoms with Crippen LogP contribution in [0, 0.1) is 5.92 Å². The number of piperidine rings is 2. The van der Waals surface area contributed by atoms with Gasteiger partial charge >= 0.3 is 0 Å². The third-order valence-corrected chi connectivity index (χ3v) is 5.96. The first-order chi connectivity index (χ1) is 13.2. The standard InChI is InChI=1S/C21H34N4O2/c1-23-12-8-20(9-13-23)24-11-5-6-18(16-24)21(26)25(14-15-27-2)17-19-7-3-4-10-22-19/h3-4,7,10,18,20H,5-6,8-9,11-17H2,1-2H3/t18-/m1/s1. The van der Waals surface area contributed by atoms with Crippen molar-refractivity contribution in [3.8, 4) is 0 Å². The van der Waals surface area contributed by atoms with E-state index < -0.39 is 0 Å². The third-order valence-electron chi connectivity index (χ3n) is 5.96. The predicted octanol–water partition coefficient (Wildman–Crippen LogP) is 1.86. The zero-order valence-corrected chi connectivity index (χ0v) is 16.8. The molecule has 2 saturated heterocycles. The minimum atomic E-state index is 0.0963. The minimum absolute atomic E-state index is 0.0963. The number of hydrogen-bond donors (Lipinski definition) is 0. The molecule has 6 nitrogen and oxygen atoms in total. The maximum absolute atomic E-state index is 13.3. The molecule has 0 aromatic carbocycles. The molecule has 1 atom stereocenters. The van der Waals surface area contributed by atoms with Gasteiger partial charge in [-0.2, -0.15) is 0 Å². The Bertz CT molecular complexity index is 575. The molecule has 1 amide bonds. The largest absolute Gasteiger partial charge is 0.383 e. The average molecular weight is 375 g/mol. The normalized spacial score (nSPS) is 22.7. The second-order valence-corrected chi connectivity index (χ2v) is 7.94. The average Bonchev–Trinajstić information content (AvgIpc) is 2.72. The van der Waals surface area contributed by atoms with Crippen molar-refractivity contribution in [1.29, 1.82) is 0 Å². The summed E-state index contributed by atoms with van der Waals surface area (Å²) in [5.41, 5.74) is 0.935. The molecule has 3 heterocycles. The lowest BCUT2D eigenvalue weighted by atomic mass is 9.93. The first kappa shape index (κ1) is 20.2. The summed E-state index contributed by atoms with van der Waals surface area (Å²) in [5.74, 6) is 0.356. The highest BCUT2D eigenvalue weighted by Crippen LogP contribution is 2.25. The fourth-order valence-electron chi connectivity index (χ4n) is 4.31. The number of hydrogen-bond acceptors (Lipinski definition) is 5. The molecule has 0 unspecified atom stereocenters. The molecule has 0 saturated carbocycles. The Labute approximate surface area is 163 Å². The van der Waals surface area contributed by atoms with Crippen LogP contribution in [-0.2, 0) is 16.1 Å². The molecular formula is C21H34N4O2. The summed E-state index contributed by atoms with van der Waals surface area (Å²) in [6.07, 6.45) is 6.34. The Balaban J connectivity index is 1.61. The number of nitrogens with zero attached hydrogens (tertiary/aromatic N) is 4. The summed E-state index contributed by atoms with van der Waals surface area (Å²) in [6.45, 7) is 6.11. The van der Waals surface area contributed by atoms with Crippen molar-refractivity contribution in [2.75, 3.05) is 53.5 Å². The van der Waals surface area contributed by atoms with E-state index in [-0.39, 0.29) is 11.8 Å². The van der Waals surface area contributed by atoms with Crippen molar-refractivity contribution in [2.45, 2.75) is 38.3 Å². The van der Waals surface area contributed by atoms with Crippen molar-refractivity contribution < 1.29 is 9.53 Å². The minimum Gasteiger partial charge on any atom is -0.383 e. The van der Waals surface area contributed by atoms with Crippen molar-refractivity contribution >= 4 is 5.91 Å². The van der Waals surface area contributed by atoms with Gasteiger partial charge in [0, 0.05) is 32.4 Å². The maximum Gasteiger partial charge on any atom is 0.227 e. The molecule has 2 fully saturated rings. The van der Waals surface area contributed by atoms with E-state index in [1.54, 1.807) is 13.3 Å². The first-order valence-corrected chi connectivity index (χ1v) is 10.3. The lowest BCUT2D eigenvalue weighted by Crippen LogP contribution is -2.51. The smallest absolute Gasteiger partial charge is 0.227 e. The Morgan fingerprint density at radius 3 is 2.78 bits per heavy atom. The summed E-state index contributed by atoms with van der Waals surface area (Å²) in [7, 11) is 3.88. The summed E-state index contributed by atoms with van der Waals surface area (Å²) < 4.78 is 5.24. The second kappa shape index (κ2) is 10.2. The molecule has 0 bridgehead atoms. The van der Waals surface area contributed by atoms with Crippen molar-refractivity contribution in [2.24, 2.45) is 5.92 Å². The van der Waals surface area contributed by atoms with E-state index in [1.807, 2.05) is 23.1 Å². The number of rotatable bonds is 7. The van der Waals surface area contributed by atoms with Gasteiger partial charge in [0.05, 0.1) is 24.8 Å². The third kappa shape index (κ3) is 5.74. The number of aromatic nitrogens is 1. The second-order valence-electron chi connectivity index (χ2n) is 7.94. The first-order valence-electron chi connectivity index (χ1n) is 10.3. The molecule has 0 aliphatic carbocycles. The topological polar surface area (TPSA) is 48.9 Å². The highest BCUT2D eigenvalue weighted by molar-refractivity contribution is 5.79. The number of amides is 1. The van der Waals surface area contributed by atoms with Gasteiger partial charge < -0.3 is 14.5 Å². The number of carbonyl (C=O) groups excluding carboxylic acids is 1. The number of methoxy groups -OCH3 is 1. The van der Waals surface area contributed by atoms with Gasteiger partial charge in [-0.3, -0.25) is 14.7 Å². The van der Waals surface area contributed by atoms with Gasteiger partial charge in [0.2, 0.25) is 5.91 Å². The SMILES string of the molecule is COCCN(Cc1ccccn1)C(=O)[C@@H]1CCCN(C2CCN(C)CC2)C1.